The minimum absolute atomic E-state index is 0.0143. The van der Waals surface area contributed by atoms with Crippen molar-refractivity contribution >= 4 is 40.6 Å². The number of nitrogens with one attached hydrogen (secondary N) is 1. The third kappa shape index (κ3) is 4.23. The van der Waals surface area contributed by atoms with Crippen molar-refractivity contribution in [1.29, 1.82) is 0 Å². The van der Waals surface area contributed by atoms with Crippen molar-refractivity contribution in [1.82, 2.24) is 24.7 Å². The van der Waals surface area contributed by atoms with Crippen LogP contribution in [0.25, 0.3) is 5.69 Å². The van der Waals surface area contributed by atoms with Gasteiger partial charge in [-0.2, -0.15) is 0 Å². The number of carbonyl (C=O) groups excluding carboxylic acids is 2. The van der Waals surface area contributed by atoms with Gasteiger partial charge in [-0.1, -0.05) is 11.6 Å². The van der Waals surface area contributed by atoms with Crippen LogP contribution in [0.4, 0.5) is 10.5 Å². The number of carbonyl (C=O) groups is 2. The van der Waals surface area contributed by atoms with Crippen molar-refractivity contribution < 1.29 is 9.59 Å². The fourth-order valence-electron chi connectivity index (χ4n) is 4.56. The summed E-state index contributed by atoms with van der Waals surface area (Å²) in [5.74, 6) is 0.819. The van der Waals surface area contributed by atoms with Gasteiger partial charge in [0.2, 0.25) is 0 Å². The molecule has 5 rings (SSSR count). The van der Waals surface area contributed by atoms with Crippen LogP contribution in [0, 0.1) is 0 Å². The molecular weight excluding hydrogens is 460 g/mol. The Labute approximate surface area is 201 Å². The van der Waals surface area contributed by atoms with Gasteiger partial charge in [0.05, 0.1) is 34.4 Å². The number of amides is 3. The summed E-state index contributed by atoms with van der Waals surface area (Å²) in [6, 6.07) is 11.3. The van der Waals surface area contributed by atoms with Gasteiger partial charge < -0.3 is 19.7 Å². The van der Waals surface area contributed by atoms with Gasteiger partial charge in [0, 0.05) is 30.3 Å². The molecule has 0 spiro atoms. The number of aromatic nitrogens is 2. The average molecular weight is 485 g/mol. The number of hydrogen-bond acceptors (Lipinski definition) is 5. The molecule has 172 valence electrons. The fourth-order valence-corrected chi connectivity index (χ4v) is 5.51. The van der Waals surface area contributed by atoms with Gasteiger partial charge in [-0.25, -0.2) is 9.78 Å². The molecule has 2 saturated heterocycles. The van der Waals surface area contributed by atoms with Crippen LogP contribution in [-0.4, -0.2) is 70.6 Å². The molecule has 1 aromatic carbocycles. The van der Waals surface area contributed by atoms with Crippen molar-refractivity contribution in [3.05, 3.63) is 63.8 Å². The van der Waals surface area contributed by atoms with Gasteiger partial charge in [0.25, 0.3) is 5.91 Å². The average Bonchev–Trinajstić information content (AvgIpc) is 3.56. The van der Waals surface area contributed by atoms with E-state index >= 15 is 0 Å². The van der Waals surface area contributed by atoms with Crippen LogP contribution < -0.4 is 10.2 Å². The number of benzene rings is 1. The van der Waals surface area contributed by atoms with Crippen LogP contribution in [0.2, 0.25) is 4.34 Å². The minimum Gasteiger partial charge on any atom is -0.346 e. The molecule has 3 aromatic rings. The Bertz CT molecular complexity index is 1170. The minimum atomic E-state index is -0.136. The Morgan fingerprint density at radius 1 is 1.21 bits per heavy atom. The normalized spacial score (nSPS) is 20.1. The van der Waals surface area contributed by atoms with E-state index in [1.807, 2.05) is 49.5 Å². The van der Waals surface area contributed by atoms with E-state index in [0.29, 0.717) is 22.3 Å². The monoisotopic (exact) mass is 484 g/mol. The predicted molar refractivity (Wildman–Crippen MR) is 129 cm³/mol. The van der Waals surface area contributed by atoms with Crippen molar-refractivity contribution in [3.63, 3.8) is 0 Å². The number of imidazole rings is 1. The van der Waals surface area contributed by atoms with E-state index in [4.69, 9.17) is 11.6 Å². The van der Waals surface area contributed by atoms with Crippen molar-refractivity contribution in [3.8, 4) is 5.69 Å². The predicted octanol–water partition coefficient (Wildman–Crippen LogP) is 3.46. The third-order valence-electron chi connectivity index (χ3n) is 6.12. The first-order valence-corrected chi connectivity index (χ1v) is 12.0. The lowest BCUT2D eigenvalue weighted by Gasteiger charge is -2.20. The molecule has 2 fully saturated rings. The second kappa shape index (κ2) is 8.81. The number of fused-ring (bicyclic) bond motifs is 1. The smallest absolute Gasteiger partial charge is 0.324 e. The number of urea groups is 1. The fraction of sp³-hybridized carbons (Fsp3) is 0.348. The molecule has 3 amide bonds. The number of nitrogens with zero attached hydrogens (tertiary/aromatic N) is 5. The molecule has 10 heteroatoms. The van der Waals surface area contributed by atoms with Crippen molar-refractivity contribution in [2.24, 2.45) is 0 Å². The molecular formula is C23H25ClN6O2S. The maximum Gasteiger partial charge on any atom is 0.324 e. The second-order valence-electron chi connectivity index (χ2n) is 8.59. The van der Waals surface area contributed by atoms with E-state index in [0.717, 1.165) is 30.2 Å². The summed E-state index contributed by atoms with van der Waals surface area (Å²) >= 11 is 7.22. The summed E-state index contributed by atoms with van der Waals surface area (Å²) in [5.41, 5.74) is 1.85. The maximum atomic E-state index is 13.1. The van der Waals surface area contributed by atoms with Crippen LogP contribution in [0.1, 0.15) is 21.9 Å². The van der Waals surface area contributed by atoms with Crippen molar-refractivity contribution in [2.45, 2.75) is 25.0 Å². The van der Waals surface area contributed by atoms with Gasteiger partial charge in [-0.3, -0.25) is 9.69 Å². The molecule has 2 aromatic heterocycles. The molecule has 2 aliphatic heterocycles. The Hall–Kier alpha value is -2.88. The molecule has 2 atom stereocenters. The van der Waals surface area contributed by atoms with E-state index in [2.05, 4.69) is 19.8 Å². The summed E-state index contributed by atoms with van der Waals surface area (Å²) in [6.07, 6.45) is 4.49. The first kappa shape index (κ1) is 21.9. The summed E-state index contributed by atoms with van der Waals surface area (Å²) in [7, 11) is 4.02. The highest BCUT2D eigenvalue weighted by atomic mass is 35.5. The van der Waals surface area contributed by atoms with Gasteiger partial charge in [-0.05, 0) is 56.9 Å². The molecule has 0 unspecified atom stereocenters. The zero-order valence-corrected chi connectivity index (χ0v) is 20.0. The van der Waals surface area contributed by atoms with Crippen LogP contribution in [-0.2, 0) is 6.54 Å². The molecule has 33 heavy (non-hydrogen) atoms. The van der Waals surface area contributed by atoms with Crippen LogP contribution in [0.5, 0.6) is 0 Å². The van der Waals surface area contributed by atoms with E-state index in [9.17, 15) is 9.59 Å². The van der Waals surface area contributed by atoms with E-state index < -0.39 is 0 Å². The zero-order chi connectivity index (χ0) is 23.1. The SMILES string of the molecule is CN(C)Cc1nccn1-c1ccc(N2C[C@@H]3[C@H](NC(=O)c4ccc(Cl)s4)CCN3C2=O)cc1. The lowest BCUT2D eigenvalue weighted by Crippen LogP contribution is -2.44. The Morgan fingerprint density at radius 2 is 1.97 bits per heavy atom. The molecule has 1 N–H and O–H groups in total. The summed E-state index contributed by atoms with van der Waals surface area (Å²) in [4.78, 5) is 36.4. The number of thiophene rings is 1. The maximum absolute atomic E-state index is 13.1. The zero-order valence-electron chi connectivity index (χ0n) is 18.4. The molecule has 2 aliphatic rings. The number of anilines is 1. The Balaban J connectivity index is 1.29. The molecule has 0 aliphatic carbocycles. The van der Waals surface area contributed by atoms with Crippen LogP contribution in [0.15, 0.2) is 48.8 Å². The van der Waals surface area contributed by atoms with Gasteiger partial charge in [0.15, 0.2) is 0 Å². The summed E-state index contributed by atoms with van der Waals surface area (Å²) < 4.78 is 2.64. The second-order valence-corrected chi connectivity index (χ2v) is 10.3. The largest absolute Gasteiger partial charge is 0.346 e. The summed E-state index contributed by atoms with van der Waals surface area (Å²) in [6.45, 7) is 1.92. The topological polar surface area (TPSA) is 73.7 Å². The van der Waals surface area contributed by atoms with E-state index in [1.54, 1.807) is 23.2 Å². The van der Waals surface area contributed by atoms with Gasteiger partial charge in [0.1, 0.15) is 5.82 Å². The lowest BCUT2D eigenvalue weighted by molar-refractivity contribution is 0.0935. The lowest BCUT2D eigenvalue weighted by atomic mass is 10.1. The number of hydrogen-bond donors (Lipinski definition) is 1. The molecule has 0 radical (unpaired) electrons. The third-order valence-corrected chi connectivity index (χ3v) is 7.35. The summed E-state index contributed by atoms with van der Waals surface area (Å²) in [5, 5.41) is 3.10. The van der Waals surface area contributed by atoms with Gasteiger partial charge in [-0.15, -0.1) is 11.3 Å². The van der Waals surface area contributed by atoms with Crippen LogP contribution >= 0.6 is 22.9 Å². The molecule has 0 bridgehead atoms. The van der Waals surface area contributed by atoms with E-state index in [-0.39, 0.29) is 24.0 Å². The first-order chi connectivity index (χ1) is 15.9. The first-order valence-electron chi connectivity index (χ1n) is 10.8. The highest BCUT2D eigenvalue weighted by Gasteiger charge is 2.46. The Morgan fingerprint density at radius 3 is 2.67 bits per heavy atom. The van der Waals surface area contributed by atoms with Gasteiger partial charge >= 0.3 is 6.03 Å². The van der Waals surface area contributed by atoms with E-state index in [1.165, 1.54) is 11.3 Å². The standard InChI is InChI=1S/C23H25ClN6O2S/c1-27(2)14-21-25-10-12-28(21)15-3-5-16(6-4-15)30-13-18-17(9-11-29(18)23(30)32)26-22(31)19-7-8-20(24)33-19/h3-8,10,12,17-18H,9,11,13-14H2,1-2H3,(H,26,31)/t17-,18-/m1/s1. The van der Waals surface area contributed by atoms with Crippen molar-refractivity contribution in [2.75, 3.05) is 32.1 Å². The Kier molecular flexibility index (Phi) is 5.86. The molecule has 8 nitrogen and oxygen atoms in total. The molecule has 4 heterocycles. The number of halogens is 1. The number of rotatable bonds is 6. The quantitative estimate of drug-likeness (QED) is 0.581. The highest BCUT2D eigenvalue weighted by Crippen LogP contribution is 2.31. The van der Waals surface area contributed by atoms with Crippen LogP contribution in [0.3, 0.4) is 0 Å². The molecule has 0 saturated carbocycles. The highest BCUT2D eigenvalue weighted by molar-refractivity contribution is 7.18.